The summed E-state index contributed by atoms with van der Waals surface area (Å²) < 4.78 is 0. The van der Waals surface area contributed by atoms with Crippen molar-refractivity contribution in [3.63, 3.8) is 0 Å². The topological polar surface area (TPSA) is 32.3 Å². The maximum absolute atomic E-state index is 9.05. The third-order valence-electron chi connectivity index (χ3n) is 3.09. The molecule has 90 valence electrons. The van der Waals surface area contributed by atoms with Crippen LogP contribution in [0.3, 0.4) is 0 Å². The third-order valence-corrected chi connectivity index (χ3v) is 3.09. The molecule has 0 fully saturated rings. The number of hydrogen-bond donors (Lipinski definition) is 2. The van der Waals surface area contributed by atoms with E-state index in [1.165, 1.54) is 5.56 Å². The van der Waals surface area contributed by atoms with E-state index < -0.39 is 0 Å². The summed E-state index contributed by atoms with van der Waals surface area (Å²) in [4.78, 5) is 0. The van der Waals surface area contributed by atoms with Crippen LogP contribution < -0.4 is 5.32 Å². The summed E-state index contributed by atoms with van der Waals surface area (Å²) in [6.45, 7) is 5.54. The van der Waals surface area contributed by atoms with Gasteiger partial charge in [-0.25, -0.2) is 0 Å². The van der Waals surface area contributed by atoms with Gasteiger partial charge in [-0.15, -0.1) is 0 Å². The average Bonchev–Trinajstić information content (AvgIpc) is 2.35. The molecule has 0 aliphatic carbocycles. The summed E-state index contributed by atoms with van der Waals surface area (Å²) in [6.07, 6.45) is 2.09. The van der Waals surface area contributed by atoms with Gasteiger partial charge in [0.05, 0.1) is 6.61 Å². The molecule has 0 saturated heterocycles. The Labute approximate surface area is 98.7 Å². The van der Waals surface area contributed by atoms with Gasteiger partial charge in [0.25, 0.3) is 0 Å². The van der Waals surface area contributed by atoms with Crippen molar-refractivity contribution in [3.05, 3.63) is 35.9 Å². The highest BCUT2D eigenvalue weighted by molar-refractivity contribution is 5.18. The molecule has 0 heterocycles. The fourth-order valence-electron chi connectivity index (χ4n) is 1.79. The highest BCUT2D eigenvalue weighted by Gasteiger charge is 2.06. The van der Waals surface area contributed by atoms with Crippen molar-refractivity contribution in [3.8, 4) is 0 Å². The Morgan fingerprint density at radius 2 is 1.94 bits per heavy atom. The zero-order chi connectivity index (χ0) is 11.8. The first-order valence-corrected chi connectivity index (χ1v) is 6.17. The molecular formula is C14H23NO. The Morgan fingerprint density at radius 3 is 2.50 bits per heavy atom. The summed E-state index contributed by atoms with van der Waals surface area (Å²) in [7, 11) is 0. The quantitative estimate of drug-likeness (QED) is 0.741. The van der Waals surface area contributed by atoms with E-state index in [0.29, 0.717) is 5.92 Å². The van der Waals surface area contributed by atoms with E-state index in [-0.39, 0.29) is 12.6 Å². The van der Waals surface area contributed by atoms with E-state index in [0.717, 1.165) is 19.4 Å². The molecule has 16 heavy (non-hydrogen) atoms. The van der Waals surface area contributed by atoms with Crippen LogP contribution in [-0.2, 0) is 0 Å². The van der Waals surface area contributed by atoms with E-state index in [9.17, 15) is 0 Å². The summed E-state index contributed by atoms with van der Waals surface area (Å²) in [5.41, 5.74) is 1.39. The second-order valence-electron chi connectivity index (χ2n) is 4.34. The van der Waals surface area contributed by atoms with Crippen LogP contribution in [0.15, 0.2) is 30.3 Å². The molecule has 0 aromatic heterocycles. The molecule has 2 nitrogen and oxygen atoms in total. The van der Waals surface area contributed by atoms with Gasteiger partial charge in [0, 0.05) is 6.04 Å². The molecule has 2 N–H and O–H groups in total. The summed E-state index contributed by atoms with van der Waals surface area (Å²) in [5.74, 6) is 0.574. The van der Waals surface area contributed by atoms with Crippen molar-refractivity contribution in [2.75, 3.05) is 13.2 Å². The smallest absolute Gasteiger partial charge is 0.0584 e. The highest BCUT2D eigenvalue weighted by atomic mass is 16.3. The van der Waals surface area contributed by atoms with Crippen molar-refractivity contribution in [2.24, 2.45) is 0 Å². The van der Waals surface area contributed by atoms with Gasteiger partial charge in [-0.2, -0.15) is 0 Å². The second-order valence-corrected chi connectivity index (χ2v) is 4.34. The fourth-order valence-corrected chi connectivity index (χ4v) is 1.79. The molecule has 1 aromatic rings. The normalized spacial score (nSPS) is 14.7. The molecule has 1 rings (SSSR count). The van der Waals surface area contributed by atoms with E-state index in [1.807, 2.05) is 6.07 Å². The first-order valence-electron chi connectivity index (χ1n) is 6.17. The highest BCUT2D eigenvalue weighted by Crippen LogP contribution is 2.17. The lowest BCUT2D eigenvalue weighted by Crippen LogP contribution is -2.32. The maximum Gasteiger partial charge on any atom is 0.0584 e. The third kappa shape index (κ3) is 4.33. The predicted molar refractivity (Wildman–Crippen MR) is 68.6 cm³/mol. The van der Waals surface area contributed by atoms with Crippen molar-refractivity contribution in [1.29, 1.82) is 0 Å². The minimum atomic E-state index is 0.232. The first kappa shape index (κ1) is 13.2. The second kappa shape index (κ2) is 7.42. The van der Waals surface area contributed by atoms with Crippen molar-refractivity contribution < 1.29 is 5.11 Å². The largest absolute Gasteiger partial charge is 0.395 e. The molecule has 0 aliphatic heterocycles. The van der Waals surface area contributed by atoms with Crippen LogP contribution >= 0.6 is 0 Å². The van der Waals surface area contributed by atoms with Gasteiger partial charge in [0.1, 0.15) is 0 Å². The van der Waals surface area contributed by atoms with Crippen LogP contribution in [0.2, 0.25) is 0 Å². The molecule has 2 atom stereocenters. The molecule has 0 aliphatic rings. The van der Waals surface area contributed by atoms with Crippen LogP contribution in [0.25, 0.3) is 0 Å². The predicted octanol–water partition coefficient (Wildman–Crippen LogP) is 2.54. The molecule has 0 bridgehead atoms. The van der Waals surface area contributed by atoms with Crippen LogP contribution in [-0.4, -0.2) is 24.3 Å². The lowest BCUT2D eigenvalue weighted by molar-refractivity contribution is 0.238. The molecule has 0 spiro atoms. The van der Waals surface area contributed by atoms with Gasteiger partial charge in [-0.3, -0.25) is 0 Å². The van der Waals surface area contributed by atoms with Gasteiger partial charge in [0.15, 0.2) is 0 Å². The fraction of sp³-hybridized carbons (Fsp3) is 0.571. The monoisotopic (exact) mass is 221 g/mol. The van der Waals surface area contributed by atoms with Crippen LogP contribution in [0.5, 0.6) is 0 Å². The molecule has 0 amide bonds. The van der Waals surface area contributed by atoms with Gasteiger partial charge >= 0.3 is 0 Å². The van der Waals surface area contributed by atoms with Crippen LogP contribution in [0.4, 0.5) is 0 Å². The van der Waals surface area contributed by atoms with E-state index in [1.54, 1.807) is 0 Å². The Morgan fingerprint density at radius 1 is 1.25 bits per heavy atom. The number of aliphatic hydroxyl groups excluding tert-OH is 1. The van der Waals surface area contributed by atoms with Gasteiger partial charge < -0.3 is 10.4 Å². The number of nitrogens with one attached hydrogen (secondary N) is 1. The Hall–Kier alpha value is -0.860. The minimum absolute atomic E-state index is 0.232. The van der Waals surface area contributed by atoms with Gasteiger partial charge in [-0.05, 0) is 30.9 Å². The molecule has 0 saturated carbocycles. The summed E-state index contributed by atoms with van der Waals surface area (Å²) in [6, 6.07) is 10.8. The van der Waals surface area contributed by atoms with Crippen LogP contribution in [0, 0.1) is 0 Å². The molecule has 2 heteroatoms. The Bertz CT molecular complexity index is 269. The van der Waals surface area contributed by atoms with Crippen LogP contribution in [0.1, 0.15) is 38.2 Å². The minimum Gasteiger partial charge on any atom is -0.395 e. The summed E-state index contributed by atoms with van der Waals surface area (Å²) >= 11 is 0. The number of rotatable bonds is 7. The lowest BCUT2D eigenvalue weighted by Gasteiger charge is -2.16. The standard InChI is InChI=1S/C14H23NO/c1-3-14(11-16)15-10-9-12(2)13-7-5-4-6-8-13/h4-8,12,14-16H,3,9-11H2,1-2H3/t12?,14-/m0/s1. The summed E-state index contributed by atoms with van der Waals surface area (Å²) in [5, 5.41) is 12.4. The number of hydrogen-bond acceptors (Lipinski definition) is 2. The zero-order valence-corrected chi connectivity index (χ0v) is 10.3. The Balaban J connectivity index is 2.28. The van der Waals surface area contributed by atoms with Crippen molar-refractivity contribution in [2.45, 2.75) is 38.6 Å². The molecule has 0 radical (unpaired) electrons. The molecule has 1 unspecified atom stereocenters. The zero-order valence-electron chi connectivity index (χ0n) is 10.3. The SMILES string of the molecule is CC[C@@H](CO)NCCC(C)c1ccccc1. The van der Waals surface area contributed by atoms with Crippen molar-refractivity contribution >= 4 is 0 Å². The number of benzene rings is 1. The Kier molecular flexibility index (Phi) is 6.12. The van der Waals surface area contributed by atoms with E-state index in [2.05, 4.69) is 43.4 Å². The van der Waals surface area contributed by atoms with Gasteiger partial charge in [-0.1, -0.05) is 44.2 Å². The molecule has 1 aromatic carbocycles. The molecular weight excluding hydrogens is 198 g/mol. The van der Waals surface area contributed by atoms with E-state index >= 15 is 0 Å². The average molecular weight is 221 g/mol. The first-order chi connectivity index (χ1) is 7.77. The maximum atomic E-state index is 9.05. The van der Waals surface area contributed by atoms with E-state index in [4.69, 9.17) is 5.11 Å². The van der Waals surface area contributed by atoms with Gasteiger partial charge in [0.2, 0.25) is 0 Å². The lowest BCUT2D eigenvalue weighted by atomic mass is 9.98. The van der Waals surface area contributed by atoms with Crippen molar-refractivity contribution in [1.82, 2.24) is 5.32 Å². The number of aliphatic hydroxyl groups is 1.